The molecular weight excluding hydrogens is 571 g/mol. The van der Waals surface area contributed by atoms with Crippen LogP contribution in [0.4, 0.5) is 11.4 Å². The van der Waals surface area contributed by atoms with Crippen molar-refractivity contribution in [2.24, 2.45) is 5.92 Å². The number of nitrogens with one attached hydrogen (secondary N) is 2. The van der Waals surface area contributed by atoms with Crippen LogP contribution in [0.25, 0.3) is 10.8 Å². The van der Waals surface area contributed by atoms with Crippen molar-refractivity contribution >= 4 is 63.0 Å². The van der Waals surface area contributed by atoms with Crippen molar-refractivity contribution in [3.05, 3.63) is 117 Å². The average Bonchev–Trinajstić information content (AvgIpc) is 3.51. The summed E-state index contributed by atoms with van der Waals surface area (Å²) in [5.74, 6) is -1.54. The van der Waals surface area contributed by atoms with Gasteiger partial charge in [0, 0.05) is 21.9 Å². The molecule has 0 saturated carbocycles. The fourth-order valence-electron chi connectivity index (χ4n) is 5.65. The van der Waals surface area contributed by atoms with Crippen LogP contribution < -0.4 is 19.8 Å². The van der Waals surface area contributed by atoms with Crippen molar-refractivity contribution in [3.8, 4) is 5.75 Å². The molecule has 0 bridgehead atoms. The number of imide groups is 1. The van der Waals surface area contributed by atoms with E-state index in [0.29, 0.717) is 22.2 Å². The van der Waals surface area contributed by atoms with E-state index in [9.17, 15) is 19.2 Å². The number of aromatic nitrogens is 1. The van der Waals surface area contributed by atoms with E-state index in [-0.39, 0.29) is 29.2 Å². The summed E-state index contributed by atoms with van der Waals surface area (Å²) >= 11 is 2.31. The molecule has 3 heterocycles. The third-order valence-corrected chi connectivity index (χ3v) is 9.91. The summed E-state index contributed by atoms with van der Waals surface area (Å²) in [6, 6.07) is 29.6. The highest BCUT2D eigenvalue weighted by Crippen LogP contribution is 2.53. The van der Waals surface area contributed by atoms with Crippen LogP contribution in [0.15, 0.2) is 107 Å². The third kappa shape index (κ3) is 4.58. The van der Waals surface area contributed by atoms with E-state index in [1.54, 1.807) is 36.4 Å². The predicted molar refractivity (Wildman–Crippen MR) is 163 cm³/mol. The van der Waals surface area contributed by atoms with Crippen LogP contribution in [0.1, 0.15) is 16.4 Å². The average molecular weight is 594 g/mol. The molecule has 2 aliphatic rings. The van der Waals surface area contributed by atoms with Gasteiger partial charge in [0.25, 0.3) is 5.91 Å². The number of fused-ring (bicyclic) bond motifs is 3. The van der Waals surface area contributed by atoms with Gasteiger partial charge in [-0.2, -0.15) is 0 Å². The quantitative estimate of drug-likeness (QED) is 0.255. The number of amides is 3. The zero-order valence-electron chi connectivity index (χ0n) is 22.0. The number of thioether (sulfide) groups is 1. The summed E-state index contributed by atoms with van der Waals surface area (Å²) in [6.07, 6.45) is 0. The van der Waals surface area contributed by atoms with E-state index in [2.05, 4.69) is 10.3 Å². The number of ether oxygens (including phenoxy) is 1. The van der Waals surface area contributed by atoms with Gasteiger partial charge in [0.2, 0.25) is 11.8 Å². The number of hydrogen-bond acceptors (Lipinski definition) is 7. The van der Waals surface area contributed by atoms with Crippen LogP contribution in [-0.2, 0) is 14.4 Å². The van der Waals surface area contributed by atoms with Crippen LogP contribution in [0.2, 0.25) is 0 Å². The molecule has 0 spiro atoms. The van der Waals surface area contributed by atoms with Gasteiger partial charge in [-0.15, -0.1) is 0 Å². The molecule has 0 radical (unpaired) electrons. The molecule has 8 nitrogen and oxygen atoms in total. The van der Waals surface area contributed by atoms with Crippen LogP contribution in [0.3, 0.4) is 0 Å². The Morgan fingerprint density at radius 3 is 2.40 bits per heavy atom. The summed E-state index contributed by atoms with van der Waals surface area (Å²) in [5.41, 5.74) is 2.03. The van der Waals surface area contributed by atoms with Crippen LogP contribution in [-0.4, -0.2) is 34.6 Å². The maximum absolute atomic E-state index is 13.8. The number of anilines is 2. The Labute approximate surface area is 248 Å². The van der Waals surface area contributed by atoms with Crippen molar-refractivity contribution in [2.45, 2.75) is 16.2 Å². The molecule has 1 aromatic heterocycles. The number of para-hydroxylation sites is 1. The van der Waals surface area contributed by atoms with Gasteiger partial charge in [0.1, 0.15) is 11.0 Å². The Hall–Kier alpha value is -4.67. The SMILES string of the molecule is O=C(COc1ccc(C2c3sc(=O)[nH]c3SC3C(=O)N(c4ccccc4)C(=O)C32)cc1)Nc1cccc2ccccc12. The van der Waals surface area contributed by atoms with E-state index in [1.807, 2.05) is 60.7 Å². The molecule has 0 aliphatic carbocycles. The molecule has 3 unspecified atom stereocenters. The first-order chi connectivity index (χ1) is 20.5. The van der Waals surface area contributed by atoms with Gasteiger partial charge in [-0.3, -0.25) is 19.2 Å². The molecule has 208 valence electrons. The highest BCUT2D eigenvalue weighted by molar-refractivity contribution is 8.00. The lowest BCUT2D eigenvalue weighted by Crippen LogP contribution is -2.32. The Balaban J connectivity index is 1.12. The minimum absolute atomic E-state index is 0.185. The molecule has 42 heavy (non-hydrogen) atoms. The highest BCUT2D eigenvalue weighted by Gasteiger charge is 2.56. The maximum Gasteiger partial charge on any atom is 0.305 e. The Bertz CT molecular complexity index is 1900. The third-order valence-electron chi connectivity index (χ3n) is 7.51. The summed E-state index contributed by atoms with van der Waals surface area (Å²) < 4.78 is 5.77. The van der Waals surface area contributed by atoms with Crippen LogP contribution >= 0.6 is 23.1 Å². The van der Waals surface area contributed by atoms with Gasteiger partial charge in [-0.25, -0.2) is 4.90 Å². The fourth-order valence-corrected chi connectivity index (χ4v) is 8.16. The van der Waals surface area contributed by atoms with E-state index in [0.717, 1.165) is 32.5 Å². The Morgan fingerprint density at radius 2 is 1.60 bits per heavy atom. The minimum atomic E-state index is -0.667. The van der Waals surface area contributed by atoms with Crippen LogP contribution in [0, 0.1) is 5.92 Å². The minimum Gasteiger partial charge on any atom is -0.484 e. The number of aromatic amines is 1. The largest absolute Gasteiger partial charge is 0.484 e. The molecule has 3 amide bonds. The number of thiazole rings is 1. The lowest BCUT2D eigenvalue weighted by atomic mass is 9.83. The Kier molecular flexibility index (Phi) is 6.64. The highest BCUT2D eigenvalue weighted by atomic mass is 32.2. The van der Waals surface area contributed by atoms with Crippen molar-refractivity contribution < 1.29 is 19.1 Å². The number of rotatable bonds is 6. The number of carbonyl (C=O) groups is 3. The zero-order chi connectivity index (χ0) is 28.8. The van der Waals surface area contributed by atoms with Gasteiger partial charge in [0.15, 0.2) is 6.61 Å². The predicted octanol–water partition coefficient (Wildman–Crippen LogP) is 5.40. The van der Waals surface area contributed by atoms with Crippen molar-refractivity contribution in [3.63, 3.8) is 0 Å². The van der Waals surface area contributed by atoms with Crippen molar-refractivity contribution in [1.29, 1.82) is 0 Å². The van der Waals surface area contributed by atoms with Crippen molar-refractivity contribution in [2.75, 3.05) is 16.8 Å². The fraction of sp³-hybridized carbons (Fsp3) is 0.125. The van der Waals surface area contributed by atoms with Gasteiger partial charge >= 0.3 is 4.87 Å². The molecular formula is C32H23N3O5S2. The number of H-pyrrole nitrogens is 1. The van der Waals surface area contributed by atoms with Gasteiger partial charge < -0.3 is 15.0 Å². The molecule has 7 rings (SSSR count). The van der Waals surface area contributed by atoms with Gasteiger partial charge in [-0.05, 0) is 41.3 Å². The second-order valence-corrected chi connectivity index (χ2v) is 12.2. The monoisotopic (exact) mass is 593 g/mol. The second kappa shape index (κ2) is 10.6. The zero-order valence-corrected chi connectivity index (χ0v) is 23.6. The maximum atomic E-state index is 13.8. The summed E-state index contributed by atoms with van der Waals surface area (Å²) in [6.45, 7) is -0.185. The normalized spacial score (nSPS) is 19.4. The molecule has 5 aromatic rings. The van der Waals surface area contributed by atoms with Crippen LogP contribution in [0.5, 0.6) is 5.75 Å². The van der Waals surface area contributed by atoms with E-state index >= 15 is 0 Å². The topological polar surface area (TPSA) is 109 Å². The second-order valence-electron chi connectivity index (χ2n) is 10.0. The molecule has 2 N–H and O–H groups in total. The molecule has 2 aliphatic heterocycles. The Morgan fingerprint density at radius 1 is 0.857 bits per heavy atom. The van der Waals surface area contributed by atoms with E-state index in [1.165, 1.54) is 16.7 Å². The van der Waals surface area contributed by atoms with E-state index < -0.39 is 17.1 Å². The summed E-state index contributed by atoms with van der Waals surface area (Å²) in [7, 11) is 0. The molecule has 3 atom stereocenters. The van der Waals surface area contributed by atoms with Crippen molar-refractivity contribution in [1.82, 2.24) is 4.98 Å². The standard InChI is InChI=1S/C32H23N3O5S2/c36-24(33-23-12-6-8-18-7-4-5-11-22(18)23)17-40-21-15-13-19(14-16-21)25-26-28(41-29-27(25)42-32(39)34-29)31(38)35(30(26)37)20-9-2-1-3-10-20/h1-16,25-26,28H,17H2,(H,33,36)(H,34,39). The lowest BCUT2D eigenvalue weighted by molar-refractivity contribution is -0.122. The first-order valence-corrected chi connectivity index (χ1v) is 15.0. The first kappa shape index (κ1) is 26.2. The number of benzene rings is 4. The number of carbonyl (C=O) groups excluding carboxylic acids is 3. The number of nitrogens with zero attached hydrogens (tertiary/aromatic N) is 1. The first-order valence-electron chi connectivity index (χ1n) is 13.3. The van der Waals surface area contributed by atoms with Gasteiger partial charge in [0.05, 0.1) is 16.6 Å². The van der Waals surface area contributed by atoms with Gasteiger partial charge in [-0.1, -0.05) is 89.8 Å². The van der Waals surface area contributed by atoms with E-state index in [4.69, 9.17) is 4.74 Å². The molecule has 1 saturated heterocycles. The molecule has 4 aromatic carbocycles. The molecule has 1 fully saturated rings. The smallest absolute Gasteiger partial charge is 0.305 e. The summed E-state index contributed by atoms with van der Waals surface area (Å²) in [4.78, 5) is 56.9. The lowest BCUT2D eigenvalue weighted by Gasteiger charge is -2.29. The summed E-state index contributed by atoms with van der Waals surface area (Å²) in [5, 5.41) is 4.85. The number of hydrogen-bond donors (Lipinski definition) is 2. The molecule has 10 heteroatoms.